The van der Waals surface area contributed by atoms with Crippen molar-refractivity contribution in [2.75, 3.05) is 13.1 Å². The smallest absolute Gasteiger partial charge is 0.410 e. The standard InChI is InChI=1S/C15H23NO4/c1-11(13-6-5-9-18-13)19-12-7-8-16(10-12)14(17)20-15(2,3)4/h5-6,9,11-12H,7-8,10H2,1-4H3/t11-,12+/m1/s1. The van der Waals surface area contributed by atoms with Gasteiger partial charge in [0.15, 0.2) is 0 Å². The van der Waals surface area contributed by atoms with Crippen molar-refractivity contribution in [2.45, 2.75) is 51.9 Å². The van der Waals surface area contributed by atoms with Crippen molar-refractivity contribution in [3.05, 3.63) is 24.2 Å². The number of carbonyl (C=O) groups is 1. The highest BCUT2D eigenvalue weighted by molar-refractivity contribution is 5.68. The first-order chi connectivity index (χ1) is 9.35. The van der Waals surface area contributed by atoms with Gasteiger partial charge in [-0.15, -0.1) is 0 Å². The van der Waals surface area contributed by atoms with Gasteiger partial charge in [-0.05, 0) is 46.2 Å². The number of carbonyl (C=O) groups excluding carboxylic acids is 1. The zero-order chi connectivity index (χ0) is 14.8. The van der Waals surface area contributed by atoms with Gasteiger partial charge in [0.2, 0.25) is 0 Å². The Morgan fingerprint density at radius 2 is 2.25 bits per heavy atom. The van der Waals surface area contributed by atoms with Gasteiger partial charge in [0.05, 0.1) is 18.9 Å². The normalized spacial score (nSPS) is 21.0. The molecule has 1 aliphatic rings. The van der Waals surface area contributed by atoms with Crippen LogP contribution in [-0.2, 0) is 9.47 Å². The summed E-state index contributed by atoms with van der Waals surface area (Å²) in [4.78, 5) is 13.6. The lowest BCUT2D eigenvalue weighted by atomic mass is 10.2. The first-order valence-electron chi connectivity index (χ1n) is 7.02. The minimum atomic E-state index is -0.461. The molecular formula is C15H23NO4. The number of rotatable bonds is 3. The highest BCUT2D eigenvalue weighted by Gasteiger charge is 2.31. The number of ether oxygens (including phenoxy) is 2. The molecule has 0 N–H and O–H groups in total. The van der Waals surface area contributed by atoms with Gasteiger partial charge in [-0.3, -0.25) is 0 Å². The number of likely N-dealkylation sites (tertiary alicyclic amines) is 1. The Bertz CT molecular complexity index is 435. The third-order valence-corrected chi connectivity index (χ3v) is 3.14. The maximum atomic E-state index is 12.0. The number of nitrogens with zero attached hydrogens (tertiary/aromatic N) is 1. The topological polar surface area (TPSA) is 51.9 Å². The van der Waals surface area contributed by atoms with Crippen LogP contribution < -0.4 is 0 Å². The fourth-order valence-corrected chi connectivity index (χ4v) is 2.21. The first kappa shape index (κ1) is 14.9. The summed E-state index contributed by atoms with van der Waals surface area (Å²) >= 11 is 0. The van der Waals surface area contributed by atoms with E-state index in [1.165, 1.54) is 0 Å². The molecule has 2 heterocycles. The van der Waals surface area contributed by atoms with Crippen LogP contribution in [0.4, 0.5) is 4.79 Å². The molecule has 20 heavy (non-hydrogen) atoms. The molecule has 1 aromatic heterocycles. The number of furan rings is 1. The first-order valence-corrected chi connectivity index (χ1v) is 7.02. The van der Waals surface area contributed by atoms with Crippen LogP contribution in [-0.4, -0.2) is 35.8 Å². The Hall–Kier alpha value is -1.49. The molecule has 0 aromatic carbocycles. The van der Waals surface area contributed by atoms with E-state index in [9.17, 15) is 4.79 Å². The van der Waals surface area contributed by atoms with Crippen LogP contribution >= 0.6 is 0 Å². The lowest BCUT2D eigenvalue weighted by Gasteiger charge is -2.24. The fraction of sp³-hybridized carbons (Fsp3) is 0.667. The molecule has 112 valence electrons. The third-order valence-electron chi connectivity index (χ3n) is 3.14. The summed E-state index contributed by atoms with van der Waals surface area (Å²) in [7, 11) is 0. The second kappa shape index (κ2) is 5.87. The molecule has 1 fully saturated rings. The number of amides is 1. The SMILES string of the molecule is C[C@@H](O[C@H]1CCN(C(=O)OC(C)(C)C)C1)c1ccco1. The molecule has 1 amide bonds. The van der Waals surface area contributed by atoms with Crippen molar-refractivity contribution in [1.29, 1.82) is 0 Å². The molecule has 1 aliphatic heterocycles. The van der Waals surface area contributed by atoms with Gasteiger partial charge in [-0.2, -0.15) is 0 Å². The molecule has 0 bridgehead atoms. The molecule has 0 unspecified atom stereocenters. The van der Waals surface area contributed by atoms with E-state index in [0.29, 0.717) is 13.1 Å². The third kappa shape index (κ3) is 4.00. The van der Waals surface area contributed by atoms with E-state index < -0.39 is 5.60 Å². The predicted molar refractivity (Wildman–Crippen MR) is 74.4 cm³/mol. The highest BCUT2D eigenvalue weighted by Crippen LogP contribution is 2.24. The van der Waals surface area contributed by atoms with Crippen molar-refractivity contribution in [3.8, 4) is 0 Å². The Labute approximate surface area is 119 Å². The zero-order valence-corrected chi connectivity index (χ0v) is 12.6. The van der Waals surface area contributed by atoms with Crippen LogP contribution in [0.25, 0.3) is 0 Å². The summed E-state index contributed by atoms with van der Waals surface area (Å²) in [6, 6.07) is 3.74. The van der Waals surface area contributed by atoms with Gasteiger partial charge in [-0.25, -0.2) is 4.79 Å². The minimum absolute atomic E-state index is 0.0302. The van der Waals surface area contributed by atoms with Crippen LogP contribution in [0.5, 0.6) is 0 Å². The second-order valence-corrected chi connectivity index (χ2v) is 6.13. The Kier molecular flexibility index (Phi) is 4.38. The van der Waals surface area contributed by atoms with Crippen LogP contribution in [0.15, 0.2) is 22.8 Å². The molecule has 2 rings (SSSR count). The van der Waals surface area contributed by atoms with Crippen LogP contribution in [0.1, 0.15) is 46.0 Å². The van der Waals surface area contributed by atoms with Gasteiger partial charge >= 0.3 is 6.09 Å². The van der Waals surface area contributed by atoms with Crippen molar-refractivity contribution >= 4 is 6.09 Å². The largest absolute Gasteiger partial charge is 0.467 e. The van der Waals surface area contributed by atoms with Crippen molar-refractivity contribution in [1.82, 2.24) is 4.90 Å². The zero-order valence-electron chi connectivity index (χ0n) is 12.6. The van der Waals surface area contributed by atoms with E-state index in [0.717, 1.165) is 12.2 Å². The molecule has 2 atom stereocenters. The monoisotopic (exact) mass is 281 g/mol. The van der Waals surface area contributed by atoms with Gasteiger partial charge < -0.3 is 18.8 Å². The van der Waals surface area contributed by atoms with E-state index in [-0.39, 0.29) is 18.3 Å². The van der Waals surface area contributed by atoms with Crippen molar-refractivity contribution in [3.63, 3.8) is 0 Å². The fourth-order valence-electron chi connectivity index (χ4n) is 2.21. The van der Waals surface area contributed by atoms with Gasteiger partial charge in [0, 0.05) is 6.54 Å². The Morgan fingerprint density at radius 1 is 1.50 bits per heavy atom. The molecule has 0 radical (unpaired) electrons. The average Bonchev–Trinajstić information content (AvgIpc) is 2.97. The van der Waals surface area contributed by atoms with Gasteiger partial charge in [0.25, 0.3) is 0 Å². The lowest BCUT2D eigenvalue weighted by molar-refractivity contribution is -0.0125. The van der Waals surface area contributed by atoms with E-state index >= 15 is 0 Å². The van der Waals surface area contributed by atoms with Crippen molar-refractivity contribution < 1.29 is 18.7 Å². The van der Waals surface area contributed by atoms with E-state index in [1.807, 2.05) is 39.8 Å². The lowest BCUT2D eigenvalue weighted by Crippen LogP contribution is -2.36. The summed E-state index contributed by atoms with van der Waals surface area (Å²) < 4.78 is 16.6. The highest BCUT2D eigenvalue weighted by atomic mass is 16.6. The van der Waals surface area contributed by atoms with Crippen LogP contribution in [0.3, 0.4) is 0 Å². The molecule has 1 aromatic rings. The van der Waals surface area contributed by atoms with Crippen molar-refractivity contribution in [2.24, 2.45) is 0 Å². The van der Waals surface area contributed by atoms with E-state index in [1.54, 1.807) is 11.2 Å². The summed E-state index contributed by atoms with van der Waals surface area (Å²) in [6.07, 6.45) is 2.12. The summed E-state index contributed by atoms with van der Waals surface area (Å²) in [5, 5.41) is 0. The second-order valence-electron chi connectivity index (χ2n) is 6.13. The van der Waals surface area contributed by atoms with Crippen LogP contribution in [0.2, 0.25) is 0 Å². The number of hydrogen-bond donors (Lipinski definition) is 0. The Morgan fingerprint density at radius 3 is 2.85 bits per heavy atom. The molecule has 5 nitrogen and oxygen atoms in total. The molecule has 5 heteroatoms. The summed E-state index contributed by atoms with van der Waals surface area (Å²) in [6.45, 7) is 8.80. The van der Waals surface area contributed by atoms with Gasteiger partial charge in [0.1, 0.15) is 17.5 Å². The average molecular weight is 281 g/mol. The Balaban J connectivity index is 1.82. The minimum Gasteiger partial charge on any atom is -0.467 e. The predicted octanol–water partition coefficient (Wildman–Crippen LogP) is 3.37. The van der Waals surface area contributed by atoms with Gasteiger partial charge in [-0.1, -0.05) is 0 Å². The maximum absolute atomic E-state index is 12.0. The molecule has 0 spiro atoms. The maximum Gasteiger partial charge on any atom is 0.410 e. The summed E-state index contributed by atoms with van der Waals surface area (Å²) in [5.41, 5.74) is -0.461. The molecule has 0 aliphatic carbocycles. The van der Waals surface area contributed by atoms with Crippen LogP contribution in [0, 0.1) is 0 Å². The van der Waals surface area contributed by atoms with E-state index in [2.05, 4.69) is 0 Å². The quantitative estimate of drug-likeness (QED) is 0.852. The van der Waals surface area contributed by atoms with E-state index in [4.69, 9.17) is 13.9 Å². The molecule has 1 saturated heterocycles. The molecular weight excluding hydrogens is 258 g/mol. The summed E-state index contributed by atoms with van der Waals surface area (Å²) in [5.74, 6) is 0.806. The number of hydrogen-bond acceptors (Lipinski definition) is 4. The molecule has 0 saturated carbocycles.